The standard InChI is InChI=1S/C27H26FN3O3/c1-18-6-12-23(13-7-18)34-17-22(32)16-31-25-5-3-2-4-24(25)29-27(31)19-14-26(33)30(15-19)21-10-8-20(28)9-11-21/h2-13,19,22,32H,14-17H2,1H3. The van der Waals surface area contributed by atoms with Crippen LogP contribution in [-0.4, -0.2) is 39.8 Å². The van der Waals surface area contributed by atoms with E-state index in [0.29, 0.717) is 30.9 Å². The number of fused-ring (bicyclic) bond motifs is 1. The molecule has 6 nitrogen and oxygen atoms in total. The van der Waals surface area contributed by atoms with Gasteiger partial charge in [0, 0.05) is 24.6 Å². The van der Waals surface area contributed by atoms with Crippen LogP contribution in [-0.2, 0) is 11.3 Å². The minimum absolute atomic E-state index is 0.0292. The second-order valence-corrected chi connectivity index (χ2v) is 8.73. The number of carbonyl (C=O) groups is 1. The number of aliphatic hydroxyl groups excluding tert-OH is 1. The molecule has 2 heterocycles. The number of benzene rings is 3. The lowest BCUT2D eigenvalue weighted by molar-refractivity contribution is -0.117. The number of aliphatic hydroxyl groups is 1. The number of halogens is 1. The van der Waals surface area contributed by atoms with E-state index in [0.717, 1.165) is 22.4 Å². The maximum Gasteiger partial charge on any atom is 0.227 e. The normalized spacial score (nSPS) is 16.9. The quantitative estimate of drug-likeness (QED) is 0.444. The van der Waals surface area contributed by atoms with Crippen LogP contribution < -0.4 is 9.64 Å². The molecule has 0 spiro atoms. The Bertz CT molecular complexity index is 1300. The highest BCUT2D eigenvalue weighted by atomic mass is 19.1. The Morgan fingerprint density at radius 1 is 1.09 bits per heavy atom. The van der Waals surface area contributed by atoms with E-state index < -0.39 is 6.10 Å². The molecule has 34 heavy (non-hydrogen) atoms. The van der Waals surface area contributed by atoms with Gasteiger partial charge in [0.2, 0.25) is 5.91 Å². The average Bonchev–Trinajstić information content (AvgIpc) is 3.40. The molecule has 2 unspecified atom stereocenters. The molecule has 0 aliphatic carbocycles. The van der Waals surface area contributed by atoms with Crippen molar-refractivity contribution in [1.82, 2.24) is 9.55 Å². The maximum atomic E-state index is 13.3. The van der Waals surface area contributed by atoms with Crippen LogP contribution in [0.5, 0.6) is 5.75 Å². The van der Waals surface area contributed by atoms with Crippen molar-refractivity contribution in [3.63, 3.8) is 0 Å². The van der Waals surface area contributed by atoms with Crippen molar-refractivity contribution in [2.45, 2.75) is 31.9 Å². The Morgan fingerprint density at radius 2 is 1.82 bits per heavy atom. The number of carbonyl (C=O) groups excluding carboxylic acids is 1. The highest BCUT2D eigenvalue weighted by molar-refractivity contribution is 5.96. The van der Waals surface area contributed by atoms with E-state index in [4.69, 9.17) is 9.72 Å². The van der Waals surface area contributed by atoms with Gasteiger partial charge in [0.1, 0.15) is 30.1 Å². The molecule has 1 saturated heterocycles. The van der Waals surface area contributed by atoms with Crippen LogP contribution in [0, 0.1) is 12.7 Å². The Balaban J connectivity index is 1.37. The topological polar surface area (TPSA) is 67.6 Å². The van der Waals surface area contributed by atoms with Crippen molar-refractivity contribution in [2.24, 2.45) is 0 Å². The van der Waals surface area contributed by atoms with Gasteiger partial charge in [0.05, 0.1) is 17.6 Å². The SMILES string of the molecule is Cc1ccc(OCC(O)Cn2c(C3CC(=O)N(c4ccc(F)cc4)C3)nc3ccccc32)cc1. The van der Waals surface area contributed by atoms with Crippen molar-refractivity contribution in [3.05, 3.63) is 90.0 Å². The first kappa shape index (κ1) is 22.1. The molecule has 0 bridgehead atoms. The Labute approximate surface area is 197 Å². The van der Waals surface area contributed by atoms with E-state index in [1.54, 1.807) is 17.0 Å². The Kier molecular flexibility index (Phi) is 6.02. The van der Waals surface area contributed by atoms with Crippen LogP contribution in [0.3, 0.4) is 0 Å². The number of imidazole rings is 1. The molecule has 1 amide bonds. The summed E-state index contributed by atoms with van der Waals surface area (Å²) in [6.07, 6.45) is -0.459. The number of aryl methyl sites for hydroxylation is 1. The second-order valence-electron chi connectivity index (χ2n) is 8.73. The maximum absolute atomic E-state index is 13.3. The third-order valence-electron chi connectivity index (χ3n) is 6.17. The smallest absolute Gasteiger partial charge is 0.227 e. The van der Waals surface area contributed by atoms with E-state index in [9.17, 15) is 14.3 Å². The molecule has 4 aromatic rings. The summed E-state index contributed by atoms with van der Waals surface area (Å²) in [5.41, 5.74) is 3.53. The predicted octanol–water partition coefficient (Wildman–Crippen LogP) is 4.44. The fraction of sp³-hybridized carbons (Fsp3) is 0.259. The van der Waals surface area contributed by atoms with Gasteiger partial charge in [-0.1, -0.05) is 29.8 Å². The van der Waals surface area contributed by atoms with Crippen LogP contribution in [0.2, 0.25) is 0 Å². The number of hydrogen-bond donors (Lipinski definition) is 1. The molecule has 1 fully saturated rings. The van der Waals surface area contributed by atoms with Gasteiger partial charge in [-0.15, -0.1) is 0 Å². The summed E-state index contributed by atoms with van der Waals surface area (Å²) < 4.78 is 21.1. The van der Waals surface area contributed by atoms with Crippen molar-refractivity contribution >= 4 is 22.6 Å². The zero-order valence-electron chi connectivity index (χ0n) is 18.9. The summed E-state index contributed by atoms with van der Waals surface area (Å²) in [7, 11) is 0. The number of rotatable bonds is 7. The highest BCUT2D eigenvalue weighted by Crippen LogP contribution is 2.33. The molecule has 1 N–H and O–H groups in total. The molecule has 1 aliphatic heterocycles. The fourth-order valence-corrected chi connectivity index (χ4v) is 4.44. The lowest BCUT2D eigenvalue weighted by Gasteiger charge is -2.19. The summed E-state index contributed by atoms with van der Waals surface area (Å²) >= 11 is 0. The van der Waals surface area contributed by atoms with E-state index in [1.165, 1.54) is 12.1 Å². The van der Waals surface area contributed by atoms with Gasteiger partial charge in [-0.25, -0.2) is 9.37 Å². The Hall–Kier alpha value is -3.71. The van der Waals surface area contributed by atoms with E-state index >= 15 is 0 Å². The van der Waals surface area contributed by atoms with Gasteiger partial charge in [0.25, 0.3) is 0 Å². The summed E-state index contributed by atoms with van der Waals surface area (Å²) in [5, 5.41) is 10.8. The van der Waals surface area contributed by atoms with Gasteiger partial charge >= 0.3 is 0 Å². The molecule has 0 radical (unpaired) electrons. The van der Waals surface area contributed by atoms with Gasteiger partial charge in [-0.2, -0.15) is 0 Å². The third kappa shape index (κ3) is 4.52. The van der Waals surface area contributed by atoms with E-state index in [-0.39, 0.29) is 24.2 Å². The molecule has 174 valence electrons. The second kappa shape index (κ2) is 9.27. The Morgan fingerprint density at radius 3 is 2.59 bits per heavy atom. The highest BCUT2D eigenvalue weighted by Gasteiger charge is 2.35. The molecule has 2 atom stereocenters. The van der Waals surface area contributed by atoms with Gasteiger partial charge in [-0.3, -0.25) is 4.79 Å². The molecule has 3 aromatic carbocycles. The van der Waals surface area contributed by atoms with Crippen molar-refractivity contribution in [2.75, 3.05) is 18.1 Å². The molecule has 1 aliphatic rings. The number of amides is 1. The minimum atomic E-state index is -0.761. The number of hydrogen-bond acceptors (Lipinski definition) is 4. The zero-order valence-corrected chi connectivity index (χ0v) is 18.9. The van der Waals surface area contributed by atoms with Crippen molar-refractivity contribution < 1.29 is 19.0 Å². The van der Waals surface area contributed by atoms with E-state index in [1.807, 2.05) is 60.0 Å². The average molecular weight is 460 g/mol. The van der Waals surface area contributed by atoms with Crippen LogP contribution in [0.1, 0.15) is 23.7 Å². The van der Waals surface area contributed by atoms with Gasteiger partial charge < -0.3 is 19.3 Å². The number of para-hydroxylation sites is 2. The number of anilines is 1. The number of aromatic nitrogens is 2. The fourth-order valence-electron chi connectivity index (χ4n) is 4.44. The van der Waals surface area contributed by atoms with Crippen LogP contribution in [0.4, 0.5) is 10.1 Å². The first-order valence-corrected chi connectivity index (χ1v) is 11.4. The molecule has 5 rings (SSSR count). The van der Waals surface area contributed by atoms with Gasteiger partial charge in [0.15, 0.2) is 0 Å². The van der Waals surface area contributed by atoms with Crippen LogP contribution >= 0.6 is 0 Å². The summed E-state index contributed by atoms with van der Waals surface area (Å²) in [6.45, 7) is 2.89. The number of nitrogens with zero attached hydrogens (tertiary/aromatic N) is 3. The van der Waals surface area contributed by atoms with Gasteiger partial charge in [-0.05, 0) is 55.5 Å². The van der Waals surface area contributed by atoms with E-state index in [2.05, 4.69) is 0 Å². The summed E-state index contributed by atoms with van der Waals surface area (Å²) in [4.78, 5) is 19.3. The molecule has 7 heteroatoms. The van der Waals surface area contributed by atoms with Crippen molar-refractivity contribution in [3.8, 4) is 5.75 Å². The lowest BCUT2D eigenvalue weighted by atomic mass is 10.1. The van der Waals surface area contributed by atoms with Crippen molar-refractivity contribution in [1.29, 1.82) is 0 Å². The van der Waals surface area contributed by atoms with Crippen LogP contribution in [0.15, 0.2) is 72.8 Å². The first-order valence-electron chi connectivity index (χ1n) is 11.4. The molecule has 0 saturated carbocycles. The monoisotopic (exact) mass is 459 g/mol. The lowest BCUT2D eigenvalue weighted by Crippen LogP contribution is -2.26. The molecular weight excluding hydrogens is 433 g/mol. The first-order chi connectivity index (χ1) is 16.5. The number of ether oxygens (including phenoxy) is 1. The summed E-state index contributed by atoms with van der Waals surface area (Å²) in [5.74, 6) is 0.953. The molecular formula is C27H26FN3O3. The van der Waals surface area contributed by atoms with Crippen LogP contribution in [0.25, 0.3) is 11.0 Å². The molecule has 1 aromatic heterocycles. The zero-order chi connectivity index (χ0) is 23.7. The predicted molar refractivity (Wildman–Crippen MR) is 129 cm³/mol. The summed E-state index contributed by atoms with van der Waals surface area (Å²) in [6, 6.07) is 21.4. The largest absolute Gasteiger partial charge is 0.491 e. The minimum Gasteiger partial charge on any atom is -0.491 e. The third-order valence-corrected chi connectivity index (χ3v) is 6.17.